The van der Waals surface area contributed by atoms with E-state index in [0.29, 0.717) is 9.93 Å². The molecule has 7 heteroatoms. The largest absolute Gasteiger partial charge is 0.462 e. The Bertz CT molecular complexity index is 1850. The van der Waals surface area contributed by atoms with Gasteiger partial charge in [-0.25, -0.2) is 4.79 Å². The summed E-state index contributed by atoms with van der Waals surface area (Å²) in [5, 5.41) is 3.72. The molecule has 6 rings (SSSR count). The highest BCUT2D eigenvalue weighted by atomic mass is 79.9. The predicted molar refractivity (Wildman–Crippen MR) is 179 cm³/mol. The van der Waals surface area contributed by atoms with Gasteiger partial charge in [0.2, 0.25) is 5.78 Å². The van der Waals surface area contributed by atoms with E-state index in [2.05, 4.69) is 68.3 Å². The average Bonchev–Trinajstić information content (AvgIpc) is 3.56. The van der Waals surface area contributed by atoms with Gasteiger partial charge >= 0.3 is 5.97 Å². The third-order valence-electron chi connectivity index (χ3n) is 6.92. The van der Waals surface area contributed by atoms with Crippen molar-refractivity contribution < 1.29 is 14.3 Å². The number of carbonyl (C=O) groups is 2. The minimum Gasteiger partial charge on any atom is -0.462 e. The van der Waals surface area contributed by atoms with Gasteiger partial charge in [-0.3, -0.25) is 4.79 Å². The summed E-state index contributed by atoms with van der Waals surface area (Å²) in [6, 6.07) is 40.1. The molecule has 5 nitrogen and oxygen atoms in total. The van der Waals surface area contributed by atoms with Crippen LogP contribution in [-0.2, 0) is 14.3 Å². The number of ketones is 1. The minimum atomic E-state index is -0.637. The maximum absolute atomic E-state index is 13.8. The molecule has 0 aliphatic carbocycles. The molecular formula is C36H27BrN2O3S. The molecule has 0 radical (unpaired) electrons. The highest BCUT2D eigenvalue weighted by Crippen LogP contribution is 2.43. The Labute approximate surface area is 263 Å². The van der Waals surface area contributed by atoms with Crippen LogP contribution >= 0.6 is 27.7 Å². The Morgan fingerprint density at radius 2 is 1.47 bits per heavy atom. The molecule has 0 saturated heterocycles. The van der Waals surface area contributed by atoms with Crippen molar-refractivity contribution in [2.24, 2.45) is 0 Å². The van der Waals surface area contributed by atoms with Gasteiger partial charge in [-0.15, -0.1) is 0 Å². The molecule has 2 heterocycles. The summed E-state index contributed by atoms with van der Waals surface area (Å²) in [6.07, 6.45) is 1.88. The zero-order chi connectivity index (χ0) is 29.8. The van der Waals surface area contributed by atoms with Gasteiger partial charge in [0.15, 0.2) is 0 Å². The van der Waals surface area contributed by atoms with Crippen LogP contribution in [0.25, 0.3) is 34.3 Å². The Hall–Kier alpha value is -4.59. The number of rotatable bonds is 8. The highest BCUT2D eigenvalue weighted by Gasteiger charge is 2.36. The molecule has 0 spiro atoms. The van der Waals surface area contributed by atoms with Crippen LogP contribution in [0.4, 0.5) is 5.69 Å². The third kappa shape index (κ3) is 6.00. The van der Waals surface area contributed by atoms with Gasteiger partial charge in [0.25, 0.3) is 0 Å². The van der Waals surface area contributed by atoms with Crippen LogP contribution in [0.15, 0.2) is 141 Å². The maximum atomic E-state index is 13.8. The van der Waals surface area contributed by atoms with E-state index in [0.717, 1.165) is 43.9 Å². The number of anilines is 1. The molecule has 1 aliphatic rings. The lowest BCUT2D eigenvalue weighted by atomic mass is 10.1. The summed E-state index contributed by atoms with van der Waals surface area (Å²) < 4.78 is 8.50. The van der Waals surface area contributed by atoms with Crippen molar-refractivity contribution in [3.63, 3.8) is 0 Å². The number of carbonyl (C=O) groups excluding carboxylic acids is 2. The van der Waals surface area contributed by atoms with Gasteiger partial charge in [-0.1, -0.05) is 107 Å². The second-order valence-electron chi connectivity index (χ2n) is 9.73. The van der Waals surface area contributed by atoms with E-state index in [-0.39, 0.29) is 18.0 Å². The zero-order valence-electron chi connectivity index (χ0n) is 23.3. The van der Waals surface area contributed by atoms with E-state index in [1.165, 1.54) is 11.8 Å². The SMILES string of the molecule is CCOC(=O)C1=C(Nc2ccccc2)S/C(=C\c2cc(-c3ccccc3)n(-c3ccc(Br)cc3)c2-c2ccccc2)C1=O. The summed E-state index contributed by atoms with van der Waals surface area (Å²) in [5.41, 5.74) is 6.57. The van der Waals surface area contributed by atoms with Gasteiger partial charge < -0.3 is 14.6 Å². The molecule has 5 aromatic rings. The molecule has 1 aromatic heterocycles. The summed E-state index contributed by atoms with van der Waals surface area (Å²) in [6.45, 7) is 1.90. The Morgan fingerprint density at radius 3 is 2.09 bits per heavy atom. The smallest absolute Gasteiger partial charge is 0.344 e. The fraction of sp³-hybridized carbons (Fsp3) is 0.0556. The molecule has 0 saturated carbocycles. The molecule has 0 atom stereocenters. The van der Waals surface area contributed by atoms with Gasteiger partial charge in [-0.05, 0) is 66.6 Å². The molecule has 212 valence electrons. The number of para-hydroxylation sites is 1. The number of ether oxygens (including phenoxy) is 1. The van der Waals surface area contributed by atoms with E-state index < -0.39 is 5.97 Å². The number of Topliss-reactive ketones (excluding diaryl/α,β-unsaturated/α-hetero) is 1. The van der Waals surface area contributed by atoms with Gasteiger partial charge in [0.1, 0.15) is 5.57 Å². The minimum absolute atomic E-state index is 0.0128. The van der Waals surface area contributed by atoms with Crippen molar-refractivity contribution in [3.05, 3.63) is 147 Å². The zero-order valence-corrected chi connectivity index (χ0v) is 25.7. The van der Waals surface area contributed by atoms with Crippen molar-refractivity contribution >= 4 is 51.2 Å². The molecule has 0 unspecified atom stereocenters. The molecule has 4 aromatic carbocycles. The van der Waals surface area contributed by atoms with Crippen LogP contribution in [0.5, 0.6) is 0 Å². The standard InChI is InChI=1S/C36H27BrN2O3S/c1-2-42-36(41)32-34(40)31(43-35(32)38-28-16-10-5-11-17-28)23-26-22-30(24-12-6-3-7-13-24)39(29-20-18-27(37)19-21-29)33(26)25-14-8-4-9-15-25/h3-23,38H,2H2,1H3/b31-23-. The predicted octanol–water partition coefficient (Wildman–Crippen LogP) is 9.12. The number of benzene rings is 4. The second-order valence-corrected chi connectivity index (χ2v) is 11.7. The first-order chi connectivity index (χ1) is 21.0. The Balaban J connectivity index is 1.53. The number of halogens is 1. The van der Waals surface area contributed by atoms with Crippen LogP contribution in [0, 0.1) is 0 Å². The van der Waals surface area contributed by atoms with E-state index in [1.807, 2.05) is 84.9 Å². The Kier molecular flexibility index (Phi) is 8.45. The van der Waals surface area contributed by atoms with Crippen molar-refractivity contribution in [1.29, 1.82) is 0 Å². The first kappa shape index (κ1) is 28.5. The van der Waals surface area contributed by atoms with Crippen molar-refractivity contribution in [2.75, 3.05) is 11.9 Å². The van der Waals surface area contributed by atoms with Crippen molar-refractivity contribution in [2.45, 2.75) is 6.92 Å². The molecule has 1 N–H and O–H groups in total. The number of nitrogens with zero attached hydrogens (tertiary/aromatic N) is 1. The van der Waals surface area contributed by atoms with E-state index >= 15 is 0 Å². The van der Waals surface area contributed by atoms with Crippen molar-refractivity contribution in [3.8, 4) is 28.2 Å². The van der Waals surface area contributed by atoms with Crippen LogP contribution in [0.2, 0.25) is 0 Å². The lowest BCUT2D eigenvalue weighted by Gasteiger charge is -2.15. The fourth-order valence-electron chi connectivity index (χ4n) is 5.01. The summed E-state index contributed by atoms with van der Waals surface area (Å²) in [5.74, 6) is -0.999. The van der Waals surface area contributed by atoms with Gasteiger partial charge in [-0.2, -0.15) is 0 Å². The average molecular weight is 648 g/mol. The summed E-state index contributed by atoms with van der Waals surface area (Å²) >= 11 is 4.81. The molecule has 43 heavy (non-hydrogen) atoms. The number of allylic oxidation sites excluding steroid dienone is 1. The molecule has 0 fully saturated rings. The Morgan fingerprint density at radius 1 is 0.860 bits per heavy atom. The van der Waals surface area contributed by atoms with Crippen LogP contribution in [0.3, 0.4) is 0 Å². The quantitative estimate of drug-likeness (QED) is 0.103. The maximum Gasteiger partial charge on any atom is 0.344 e. The monoisotopic (exact) mass is 646 g/mol. The van der Waals surface area contributed by atoms with E-state index in [1.54, 1.807) is 6.92 Å². The van der Waals surface area contributed by atoms with Gasteiger partial charge in [0, 0.05) is 21.4 Å². The first-order valence-electron chi connectivity index (χ1n) is 13.8. The molecule has 1 aliphatic heterocycles. The van der Waals surface area contributed by atoms with E-state index in [4.69, 9.17) is 4.74 Å². The normalized spacial score (nSPS) is 13.9. The molecular weight excluding hydrogens is 620 g/mol. The summed E-state index contributed by atoms with van der Waals surface area (Å²) in [7, 11) is 0. The number of hydrogen-bond acceptors (Lipinski definition) is 5. The number of hydrogen-bond donors (Lipinski definition) is 1. The van der Waals surface area contributed by atoms with Crippen molar-refractivity contribution in [1.82, 2.24) is 4.57 Å². The summed E-state index contributed by atoms with van der Waals surface area (Å²) in [4.78, 5) is 27.3. The number of esters is 1. The molecule has 0 amide bonds. The lowest BCUT2D eigenvalue weighted by Crippen LogP contribution is -2.16. The first-order valence-corrected chi connectivity index (χ1v) is 15.4. The highest BCUT2D eigenvalue weighted by molar-refractivity contribution is 9.10. The fourth-order valence-corrected chi connectivity index (χ4v) is 6.32. The van der Waals surface area contributed by atoms with Crippen LogP contribution < -0.4 is 5.32 Å². The van der Waals surface area contributed by atoms with E-state index in [9.17, 15) is 9.59 Å². The topological polar surface area (TPSA) is 60.3 Å². The lowest BCUT2D eigenvalue weighted by molar-refractivity contribution is -0.139. The van der Waals surface area contributed by atoms with Crippen LogP contribution in [0.1, 0.15) is 12.5 Å². The van der Waals surface area contributed by atoms with Crippen LogP contribution in [-0.4, -0.2) is 22.9 Å². The third-order valence-corrected chi connectivity index (χ3v) is 8.48. The van der Waals surface area contributed by atoms with Gasteiger partial charge in [0.05, 0.1) is 27.9 Å². The number of nitrogens with one attached hydrogen (secondary N) is 1. The number of thioether (sulfide) groups is 1. The molecule has 0 bridgehead atoms. The number of aromatic nitrogens is 1. The second kappa shape index (κ2) is 12.7.